The number of esters is 1. The van der Waals surface area contributed by atoms with Crippen LogP contribution < -0.4 is 10.1 Å². The van der Waals surface area contributed by atoms with Crippen molar-refractivity contribution >= 4 is 22.8 Å². The van der Waals surface area contributed by atoms with Crippen LogP contribution in [0.3, 0.4) is 0 Å². The predicted octanol–water partition coefficient (Wildman–Crippen LogP) is 6.91. The standard InChI is InChI=1S/C33H32N2O4/c1-22(2)39-32(36)29-23(3)35(20-24-12-6-4-7-13-24)33(37)34-31(29)30-27-17-11-10-16-26(27)18-19-28(30)38-21-25-14-8-5-9-15-25/h4-19,22,31H,20-21H2,1-3H3,(H,34,37). The molecule has 1 heterocycles. The molecule has 4 aromatic carbocycles. The van der Waals surface area contributed by atoms with Crippen LogP contribution in [0.5, 0.6) is 5.75 Å². The highest BCUT2D eigenvalue weighted by atomic mass is 16.5. The smallest absolute Gasteiger partial charge is 0.338 e. The highest BCUT2D eigenvalue weighted by Gasteiger charge is 2.39. The third kappa shape index (κ3) is 5.65. The van der Waals surface area contributed by atoms with Gasteiger partial charge in [0.25, 0.3) is 0 Å². The van der Waals surface area contributed by atoms with E-state index < -0.39 is 12.0 Å². The van der Waals surface area contributed by atoms with E-state index in [0.29, 0.717) is 30.2 Å². The molecule has 0 aliphatic carbocycles. The van der Waals surface area contributed by atoms with Gasteiger partial charge >= 0.3 is 12.0 Å². The van der Waals surface area contributed by atoms with E-state index in [1.54, 1.807) is 11.8 Å². The van der Waals surface area contributed by atoms with Crippen LogP contribution >= 0.6 is 0 Å². The van der Waals surface area contributed by atoms with Crippen LogP contribution in [0.15, 0.2) is 108 Å². The van der Waals surface area contributed by atoms with E-state index >= 15 is 0 Å². The number of rotatable bonds is 8. The van der Waals surface area contributed by atoms with Crippen molar-refractivity contribution < 1.29 is 19.1 Å². The fraction of sp³-hybridized carbons (Fsp3) is 0.212. The fourth-order valence-electron chi connectivity index (χ4n) is 4.93. The molecule has 2 amide bonds. The number of fused-ring (bicyclic) bond motifs is 1. The van der Waals surface area contributed by atoms with Gasteiger partial charge in [0.2, 0.25) is 0 Å². The Morgan fingerprint density at radius 1 is 0.872 bits per heavy atom. The van der Waals surface area contributed by atoms with Crippen LogP contribution in [-0.2, 0) is 22.7 Å². The zero-order valence-electron chi connectivity index (χ0n) is 22.4. The van der Waals surface area contributed by atoms with Crippen LogP contribution in [0.4, 0.5) is 4.79 Å². The normalized spacial score (nSPS) is 15.4. The van der Waals surface area contributed by atoms with E-state index in [-0.39, 0.29) is 12.1 Å². The molecule has 6 nitrogen and oxygen atoms in total. The summed E-state index contributed by atoms with van der Waals surface area (Å²) in [4.78, 5) is 28.8. The molecule has 39 heavy (non-hydrogen) atoms. The van der Waals surface area contributed by atoms with Crippen molar-refractivity contribution in [2.75, 3.05) is 0 Å². The second kappa shape index (κ2) is 11.4. The van der Waals surface area contributed by atoms with Crippen molar-refractivity contribution in [1.29, 1.82) is 0 Å². The Hall–Kier alpha value is -4.58. The van der Waals surface area contributed by atoms with Crippen molar-refractivity contribution in [3.8, 4) is 5.75 Å². The van der Waals surface area contributed by atoms with Gasteiger partial charge in [-0.3, -0.25) is 4.90 Å². The number of allylic oxidation sites excluding steroid dienone is 1. The first kappa shape index (κ1) is 26.0. The zero-order chi connectivity index (χ0) is 27.4. The number of urea groups is 1. The maximum Gasteiger partial charge on any atom is 0.338 e. The minimum atomic E-state index is -0.757. The summed E-state index contributed by atoms with van der Waals surface area (Å²) < 4.78 is 12.1. The van der Waals surface area contributed by atoms with E-state index in [2.05, 4.69) is 5.32 Å². The van der Waals surface area contributed by atoms with Gasteiger partial charge in [-0.25, -0.2) is 9.59 Å². The second-order valence-corrected chi connectivity index (χ2v) is 9.88. The number of ether oxygens (including phenoxy) is 2. The van der Waals surface area contributed by atoms with Gasteiger partial charge < -0.3 is 14.8 Å². The molecule has 0 spiro atoms. The lowest BCUT2D eigenvalue weighted by Crippen LogP contribution is -2.48. The number of nitrogens with zero attached hydrogens (tertiary/aromatic N) is 1. The van der Waals surface area contributed by atoms with Gasteiger partial charge in [-0.05, 0) is 48.7 Å². The minimum Gasteiger partial charge on any atom is -0.489 e. The van der Waals surface area contributed by atoms with E-state index in [1.807, 2.05) is 111 Å². The molecule has 0 saturated carbocycles. The Morgan fingerprint density at radius 3 is 2.21 bits per heavy atom. The second-order valence-electron chi connectivity index (χ2n) is 9.88. The number of carbonyl (C=O) groups excluding carboxylic acids is 2. The van der Waals surface area contributed by atoms with Gasteiger partial charge in [-0.15, -0.1) is 0 Å². The first-order valence-electron chi connectivity index (χ1n) is 13.1. The highest BCUT2D eigenvalue weighted by molar-refractivity contribution is 5.98. The molecule has 1 unspecified atom stereocenters. The summed E-state index contributed by atoms with van der Waals surface area (Å²) in [6, 6.07) is 30.4. The van der Waals surface area contributed by atoms with Crippen molar-refractivity contribution in [2.45, 2.75) is 46.1 Å². The molecule has 6 heteroatoms. The van der Waals surface area contributed by atoms with Crippen molar-refractivity contribution in [3.63, 3.8) is 0 Å². The molecule has 0 radical (unpaired) electrons. The molecule has 4 aromatic rings. The number of carbonyl (C=O) groups is 2. The maximum absolute atomic E-state index is 13.6. The lowest BCUT2D eigenvalue weighted by molar-refractivity contribution is -0.143. The molecule has 0 saturated heterocycles. The zero-order valence-corrected chi connectivity index (χ0v) is 22.4. The maximum atomic E-state index is 13.6. The average molecular weight is 521 g/mol. The predicted molar refractivity (Wildman–Crippen MR) is 152 cm³/mol. The number of nitrogens with one attached hydrogen (secondary N) is 1. The van der Waals surface area contributed by atoms with Gasteiger partial charge in [0.1, 0.15) is 12.4 Å². The number of benzene rings is 4. The average Bonchev–Trinajstić information content (AvgIpc) is 2.94. The molecule has 5 rings (SSSR count). The van der Waals surface area contributed by atoms with E-state index in [0.717, 1.165) is 27.5 Å². The Kier molecular flexibility index (Phi) is 7.64. The van der Waals surface area contributed by atoms with Gasteiger partial charge in [0.05, 0.1) is 24.3 Å². The first-order chi connectivity index (χ1) is 18.9. The number of amides is 2. The fourth-order valence-corrected chi connectivity index (χ4v) is 4.93. The van der Waals surface area contributed by atoms with Crippen LogP contribution in [0.2, 0.25) is 0 Å². The van der Waals surface area contributed by atoms with Crippen LogP contribution in [-0.4, -0.2) is 23.0 Å². The van der Waals surface area contributed by atoms with Gasteiger partial charge in [0, 0.05) is 11.3 Å². The van der Waals surface area contributed by atoms with E-state index in [4.69, 9.17) is 9.47 Å². The Bertz CT molecular complexity index is 1510. The largest absolute Gasteiger partial charge is 0.489 e. The molecule has 0 aromatic heterocycles. The Labute approximate surface area is 228 Å². The first-order valence-corrected chi connectivity index (χ1v) is 13.1. The topological polar surface area (TPSA) is 67.9 Å². The van der Waals surface area contributed by atoms with E-state index in [1.165, 1.54) is 0 Å². The van der Waals surface area contributed by atoms with Gasteiger partial charge in [-0.2, -0.15) is 0 Å². The van der Waals surface area contributed by atoms with Crippen molar-refractivity contribution in [2.24, 2.45) is 0 Å². The van der Waals surface area contributed by atoms with E-state index in [9.17, 15) is 9.59 Å². The molecule has 198 valence electrons. The molecule has 1 aliphatic rings. The summed E-state index contributed by atoms with van der Waals surface area (Å²) in [6.45, 7) is 6.12. The summed E-state index contributed by atoms with van der Waals surface area (Å²) in [5.41, 5.74) is 3.65. The third-order valence-electron chi connectivity index (χ3n) is 6.80. The lowest BCUT2D eigenvalue weighted by atomic mass is 9.90. The number of hydrogen-bond acceptors (Lipinski definition) is 4. The monoisotopic (exact) mass is 520 g/mol. The summed E-state index contributed by atoms with van der Waals surface area (Å²) >= 11 is 0. The minimum absolute atomic E-state index is 0.288. The van der Waals surface area contributed by atoms with Crippen LogP contribution in [0, 0.1) is 0 Å². The third-order valence-corrected chi connectivity index (χ3v) is 6.80. The molecule has 0 bridgehead atoms. The van der Waals surface area contributed by atoms with Gasteiger partial charge in [0.15, 0.2) is 0 Å². The Balaban J connectivity index is 1.63. The summed E-state index contributed by atoms with van der Waals surface area (Å²) in [6.07, 6.45) is -0.319. The van der Waals surface area contributed by atoms with Crippen molar-refractivity contribution in [3.05, 3.63) is 125 Å². The van der Waals surface area contributed by atoms with Crippen LogP contribution in [0.25, 0.3) is 10.8 Å². The Morgan fingerprint density at radius 2 is 1.51 bits per heavy atom. The molecule has 0 fully saturated rings. The molecule has 1 aliphatic heterocycles. The lowest BCUT2D eigenvalue weighted by Gasteiger charge is -2.36. The highest BCUT2D eigenvalue weighted by Crippen LogP contribution is 2.41. The summed E-state index contributed by atoms with van der Waals surface area (Å²) in [7, 11) is 0. The van der Waals surface area contributed by atoms with Crippen molar-refractivity contribution in [1.82, 2.24) is 10.2 Å². The quantitative estimate of drug-likeness (QED) is 0.256. The summed E-state index contributed by atoms with van der Waals surface area (Å²) in [5, 5.41) is 4.99. The van der Waals surface area contributed by atoms with Gasteiger partial charge in [-0.1, -0.05) is 91.0 Å². The molecule has 1 N–H and O–H groups in total. The SMILES string of the molecule is CC1=C(C(=O)OC(C)C)C(c2c(OCc3ccccc3)ccc3ccccc23)NC(=O)N1Cc1ccccc1. The molecular weight excluding hydrogens is 488 g/mol. The molecular formula is C33H32N2O4. The summed E-state index contributed by atoms with van der Waals surface area (Å²) in [5.74, 6) is 0.134. The van der Waals surface area contributed by atoms with Crippen LogP contribution in [0.1, 0.15) is 43.5 Å². The number of hydrogen-bond donors (Lipinski definition) is 1. The molecule has 1 atom stereocenters.